The van der Waals surface area contributed by atoms with Gasteiger partial charge < -0.3 is 24.0 Å². The van der Waals surface area contributed by atoms with Crippen molar-refractivity contribution in [2.75, 3.05) is 37.5 Å². The molecule has 3 aromatic rings. The number of methoxy groups -OCH3 is 1. The molecule has 3 aromatic heterocycles. The number of aromatic nitrogens is 4. The standard InChI is InChI=1S/C20H22N8O3/c1-27(16-13(7-21)8-23-17-15(16)3-4-22-17)14-5-11-9-28(10-12(11)6-14)20(29)25-18-24-19(30-2)26-31-18/h3-4,8,11-12,14H,5-6,9-10H2,1-2H3,(H,22,23)(H,24,25,26,29)/t11-,12+,14?. The first-order valence-corrected chi connectivity index (χ1v) is 10.1. The Labute approximate surface area is 178 Å². The van der Waals surface area contributed by atoms with Crippen LogP contribution in [-0.4, -0.2) is 64.3 Å². The Bertz CT molecular complexity index is 1150. The summed E-state index contributed by atoms with van der Waals surface area (Å²) in [5.74, 6) is 0.814. The van der Waals surface area contributed by atoms with E-state index in [0.29, 0.717) is 36.5 Å². The molecule has 2 fully saturated rings. The summed E-state index contributed by atoms with van der Waals surface area (Å²) in [6.45, 7) is 1.35. The van der Waals surface area contributed by atoms with Crippen LogP contribution in [0.5, 0.6) is 6.01 Å². The maximum Gasteiger partial charge on any atom is 0.355 e. The second kappa shape index (κ2) is 7.46. The Kier molecular flexibility index (Phi) is 4.62. The van der Waals surface area contributed by atoms with Gasteiger partial charge in [0.05, 0.1) is 18.4 Å². The van der Waals surface area contributed by atoms with E-state index in [0.717, 1.165) is 29.6 Å². The van der Waals surface area contributed by atoms with Crippen LogP contribution in [0.3, 0.4) is 0 Å². The molecular weight excluding hydrogens is 400 g/mol. The molecule has 5 rings (SSSR count). The van der Waals surface area contributed by atoms with Crippen LogP contribution in [0.4, 0.5) is 16.5 Å². The number of carbonyl (C=O) groups excluding carboxylic acids is 1. The third-order valence-corrected chi connectivity index (χ3v) is 6.40. The fraction of sp³-hybridized carbons (Fsp3) is 0.450. The molecule has 2 N–H and O–H groups in total. The Morgan fingerprint density at radius 3 is 2.87 bits per heavy atom. The molecule has 2 amide bonds. The Morgan fingerprint density at radius 1 is 1.42 bits per heavy atom. The lowest BCUT2D eigenvalue weighted by Gasteiger charge is -2.29. The molecule has 1 aliphatic carbocycles. The summed E-state index contributed by atoms with van der Waals surface area (Å²) in [5.41, 5.74) is 2.26. The van der Waals surface area contributed by atoms with E-state index in [1.54, 1.807) is 11.1 Å². The number of ether oxygens (including phenoxy) is 1. The van der Waals surface area contributed by atoms with E-state index >= 15 is 0 Å². The van der Waals surface area contributed by atoms with Gasteiger partial charge in [-0.05, 0) is 35.9 Å². The number of hydrogen-bond acceptors (Lipinski definition) is 8. The molecule has 1 aliphatic heterocycles. The van der Waals surface area contributed by atoms with E-state index in [1.807, 2.05) is 19.3 Å². The fourth-order valence-electron chi connectivity index (χ4n) is 4.90. The van der Waals surface area contributed by atoms with Crippen molar-refractivity contribution in [1.29, 1.82) is 5.26 Å². The zero-order chi connectivity index (χ0) is 21.5. The molecule has 0 bridgehead atoms. The third kappa shape index (κ3) is 3.30. The summed E-state index contributed by atoms with van der Waals surface area (Å²) in [6, 6.07) is 4.38. The van der Waals surface area contributed by atoms with Gasteiger partial charge in [0, 0.05) is 44.0 Å². The number of carbonyl (C=O) groups is 1. The summed E-state index contributed by atoms with van der Waals surface area (Å²) in [5, 5.41) is 16.8. The highest BCUT2D eigenvalue weighted by Gasteiger charge is 2.44. The molecule has 11 nitrogen and oxygen atoms in total. The summed E-state index contributed by atoms with van der Waals surface area (Å²) in [4.78, 5) is 27.9. The monoisotopic (exact) mass is 422 g/mol. The predicted octanol–water partition coefficient (Wildman–Crippen LogP) is 2.20. The summed E-state index contributed by atoms with van der Waals surface area (Å²) >= 11 is 0. The number of H-pyrrole nitrogens is 1. The van der Waals surface area contributed by atoms with Gasteiger partial charge in [-0.3, -0.25) is 5.32 Å². The van der Waals surface area contributed by atoms with E-state index in [2.05, 4.69) is 36.4 Å². The average Bonchev–Trinajstić information content (AvgIpc) is 3.54. The summed E-state index contributed by atoms with van der Waals surface area (Å²) < 4.78 is 9.80. The Hall–Kier alpha value is -3.81. The van der Waals surface area contributed by atoms with Crippen LogP contribution in [0.1, 0.15) is 18.4 Å². The van der Waals surface area contributed by atoms with Crippen molar-refractivity contribution in [2.45, 2.75) is 18.9 Å². The highest BCUT2D eigenvalue weighted by molar-refractivity contribution is 5.93. The lowest BCUT2D eigenvalue weighted by atomic mass is 10.0. The molecule has 2 aliphatic rings. The second-order valence-corrected chi connectivity index (χ2v) is 8.05. The van der Waals surface area contributed by atoms with E-state index in [4.69, 9.17) is 9.26 Å². The summed E-state index contributed by atoms with van der Waals surface area (Å²) in [6.07, 6.45) is 5.38. The number of hydrogen-bond donors (Lipinski definition) is 2. The molecule has 1 saturated carbocycles. The highest BCUT2D eigenvalue weighted by atomic mass is 16.5. The van der Waals surface area contributed by atoms with Crippen molar-refractivity contribution in [1.82, 2.24) is 25.0 Å². The molecule has 31 heavy (non-hydrogen) atoms. The third-order valence-electron chi connectivity index (χ3n) is 6.40. The van der Waals surface area contributed by atoms with Crippen molar-refractivity contribution in [3.05, 3.63) is 24.0 Å². The SMILES string of the molecule is COc1noc(NC(=O)N2C[C@H]3CC(N(C)c4c(C#N)cnc5[nH]ccc45)C[C@H]3C2)n1. The van der Waals surface area contributed by atoms with Gasteiger partial charge in [0.1, 0.15) is 11.7 Å². The maximum absolute atomic E-state index is 12.6. The van der Waals surface area contributed by atoms with Crippen molar-refractivity contribution >= 4 is 28.8 Å². The van der Waals surface area contributed by atoms with Crippen LogP contribution in [0.25, 0.3) is 11.0 Å². The number of aromatic amines is 1. The molecule has 0 spiro atoms. The number of rotatable bonds is 4. The maximum atomic E-state index is 12.6. The van der Waals surface area contributed by atoms with Crippen molar-refractivity contribution in [3.63, 3.8) is 0 Å². The number of nitriles is 1. The molecule has 160 valence electrons. The second-order valence-electron chi connectivity index (χ2n) is 8.05. The first-order chi connectivity index (χ1) is 15.1. The van der Waals surface area contributed by atoms with Gasteiger partial charge in [-0.2, -0.15) is 5.26 Å². The van der Waals surface area contributed by atoms with Gasteiger partial charge in [-0.15, -0.1) is 4.98 Å². The first-order valence-electron chi connectivity index (χ1n) is 10.1. The molecule has 0 aromatic carbocycles. The largest absolute Gasteiger partial charge is 0.465 e. The van der Waals surface area contributed by atoms with E-state index in [9.17, 15) is 10.1 Å². The fourth-order valence-corrected chi connectivity index (χ4v) is 4.90. The first kappa shape index (κ1) is 19.2. The zero-order valence-electron chi connectivity index (χ0n) is 17.2. The smallest absolute Gasteiger partial charge is 0.355 e. The van der Waals surface area contributed by atoms with Gasteiger partial charge in [0.2, 0.25) is 0 Å². The van der Waals surface area contributed by atoms with Gasteiger partial charge in [0.25, 0.3) is 0 Å². The van der Waals surface area contributed by atoms with E-state index in [1.165, 1.54) is 7.11 Å². The zero-order valence-corrected chi connectivity index (χ0v) is 17.2. The molecular formula is C20H22N8O3. The molecule has 0 radical (unpaired) electrons. The summed E-state index contributed by atoms with van der Waals surface area (Å²) in [7, 11) is 3.47. The molecule has 11 heteroatoms. The number of pyridine rings is 1. The van der Waals surface area contributed by atoms with Gasteiger partial charge in [0.15, 0.2) is 0 Å². The van der Waals surface area contributed by atoms with E-state index in [-0.39, 0.29) is 18.1 Å². The van der Waals surface area contributed by atoms with Crippen LogP contribution in [0.15, 0.2) is 23.0 Å². The minimum atomic E-state index is -0.250. The lowest BCUT2D eigenvalue weighted by molar-refractivity contribution is 0.217. The van der Waals surface area contributed by atoms with E-state index < -0.39 is 0 Å². The lowest BCUT2D eigenvalue weighted by Crippen LogP contribution is -2.36. The number of likely N-dealkylation sites (tertiary alicyclic amines) is 1. The van der Waals surface area contributed by atoms with Crippen LogP contribution >= 0.6 is 0 Å². The number of fused-ring (bicyclic) bond motifs is 2. The van der Waals surface area contributed by atoms with Gasteiger partial charge in [-0.25, -0.2) is 9.78 Å². The van der Waals surface area contributed by atoms with Crippen LogP contribution in [0.2, 0.25) is 0 Å². The Morgan fingerprint density at radius 2 is 2.19 bits per heavy atom. The number of amides is 2. The highest BCUT2D eigenvalue weighted by Crippen LogP contribution is 2.42. The van der Waals surface area contributed by atoms with Gasteiger partial charge in [-0.1, -0.05) is 0 Å². The predicted molar refractivity (Wildman–Crippen MR) is 111 cm³/mol. The topological polar surface area (TPSA) is 136 Å². The number of anilines is 2. The minimum absolute atomic E-state index is 0.0220. The average molecular weight is 422 g/mol. The number of nitrogens with one attached hydrogen (secondary N) is 2. The van der Waals surface area contributed by atoms with Crippen LogP contribution in [-0.2, 0) is 0 Å². The minimum Gasteiger partial charge on any atom is -0.465 e. The molecule has 3 atom stereocenters. The van der Waals surface area contributed by atoms with Crippen LogP contribution < -0.4 is 15.0 Å². The quantitative estimate of drug-likeness (QED) is 0.653. The van der Waals surface area contributed by atoms with Gasteiger partial charge >= 0.3 is 18.1 Å². The number of urea groups is 1. The van der Waals surface area contributed by atoms with Crippen molar-refractivity contribution in [2.24, 2.45) is 11.8 Å². The molecule has 4 heterocycles. The van der Waals surface area contributed by atoms with Crippen LogP contribution in [0, 0.1) is 23.2 Å². The normalized spacial score (nSPS) is 22.4. The number of nitrogens with zero attached hydrogens (tertiary/aromatic N) is 6. The molecule has 1 unspecified atom stereocenters. The van der Waals surface area contributed by atoms with Crippen molar-refractivity contribution < 1.29 is 14.1 Å². The molecule has 1 saturated heterocycles. The van der Waals surface area contributed by atoms with Crippen molar-refractivity contribution in [3.8, 4) is 12.1 Å². The Balaban J connectivity index is 1.26.